The molecule has 0 bridgehead atoms. The van der Waals surface area contributed by atoms with Gasteiger partial charge in [0.05, 0.1) is 12.8 Å². The van der Waals surface area contributed by atoms with Crippen LogP contribution in [0.4, 0.5) is 20.3 Å². The number of pyridine rings is 1. The Morgan fingerprint density at radius 2 is 2.08 bits per heavy atom. The summed E-state index contributed by atoms with van der Waals surface area (Å²) >= 11 is 0. The first-order chi connectivity index (χ1) is 17.9. The summed E-state index contributed by atoms with van der Waals surface area (Å²) in [6.45, 7) is 1.90. The average Bonchev–Trinajstić information content (AvgIpc) is 3.59. The highest BCUT2D eigenvalue weighted by Gasteiger charge is 2.28. The van der Waals surface area contributed by atoms with Crippen LogP contribution in [0.25, 0.3) is 21.9 Å². The van der Waals surface area contributed by atoms with Crippen LogP contribution in [0, 0.1) is 0 Å². The van der Waals surface area contributed by atoms with Crippen molar-refractivity contribution in [2.24, 2.45) is 7.05 Å². The second kappa shape index (κ2) is 9.23. The van der Waals surface area contributed by atoms with Crippen LogP contribution >= 0.6 is 0 Å². The fourth-order valence-corrected chi connectivity index (χ4v) is 5.47. The van der Waals surface area contributed by atoms with Crippen LogP contribution in [0.2, 0.25) is 0 Å². The summed E-state index contributed by atoms with van der Waals surface area (Å²) in [6, 6.07) is 10.9. The van der Waals surface area contributed by atoms with Crippen LogP contribution in [0.15, 0.2) is 48.8 Å². The summed E-state index contributed by atoms with van der Waals surface area (Å²) in [5.41, 5.74) is 3.61. The van der Waals surface area contributed by atoms with Crippen molar-refractivity contribution < 1.29 is 23.4 Å². The number of anilines is 2. The summed E-state index contributed by atoms with van der Waals surface area (Å²) in [5.74, 6) is -0.391. The molecule has 0 saturated carbocycles. The number of carboxylic acids is 1. The van der Waals surface area contributed by atoms with E-state index in [1.165, 1.54) is 6.07 Å². The number of rotatable bonds is 5. The molecule has 1 saturated heterocycles. The molecule has 2 aromatic carbocycles. The van der Waals surface area contributed by atoms with Crippen molar-refractivity contribution in [3.63, 3.8) is 0 Å². The standard InChI is InChI=1S/C28H26F2N4O3/c1-33-14-20(13-31-33)21-10-18-3-2-7-34(25(18)12-23(21)26(29)30)27-22-9-16(19-6-8-37-15-19)4-5-17(22)11-24(32-27)28(35)36/h4-5,9-14,19,26H,2-3,6-8,15H2,1H3,(H,35,36). The molecular formula is C28H26F2N4O3. The fraction of sp³-hybridized carbons (Fsp3) is 0.321. The minimum atomic E-state index is -2.69. The van der Waals surface area contributed by atoms with Gasteiger partial charge in [-0.3, -0.25) is 4.68 Å². The summed E-state index contributed by atoms with van der Waals surface area (Å²) in [7, 11) is 1.75. The second-order valence-electron chi connectivity index (χ2n) is 9.70. The quantitative estimate of drug-likeness (QED) is 0.367. The number of hydrogen-bond donors (Lipinski definition) is 1. The molecule has 0 amide bonds. The Balaban J connectivity index is 1.54. The number of hydrogen-bond acceptors (Lipinski definition) is 5. The summed E-state index contributed by atoms with van der Waals surface area (Å²) < 4.78 is 35.8. The van der Waals surface area contributed by atoms with Crippen LogP contribution < -0.4 is 4.90 Å². The molecule has 190 valence electrons. The van der Waals surface area contributed by atoms with Crippen LogP contribution in [0.5, 0.6) is 0 Å². The third-order valence-electron chi connectivity index (χ3n) is 7.33. The van der Waals surface area contributed by atoms with Gasteiger partial charge in [0.25, 0.3) is 6.43 Å². The van der Waals surface area contributed by atoms with E-state index in [4.69, 9.17) is 4.74 Å². The number of benzene rings is 2. The number of carboxylic acid groups (broad SMARTS) is 1. The van der Waals surface area contributed by atoms with Crippen LogP contribution in [0.3, 0.4) is 0 Å². The molecule has 0 aliphatic carbocycles. The molecule has 4 aromatic rings. The van der Waals surface area contributed by atoms with Gasteiger partial charge in [-0.2, -0.15) is 5.10 Å². The average molecular weight is 505 g/mol. The smallest absolute Gasteiger partial charge is 0.354 e. The number of ether oxygens (including phenoxy) is 1. The summed E-state index contributed by atoms with van der Waals surface area (Å²) in [6.07, 6.45) is 3.06. The maximum Gasteiger partial charge on any atom is 0.354 e. The van der Waals surface area contributed by atoms with E-state index in [0.717, 1.165) is 41.2 Å². The lowest BCUT2D eigenvalue weighted by Crippen LogP contribution is -2.26. The van der Waals surface area contributed by atoms with E-state index < -0.39 is 12.4 Å². The number of aromatic carboxylic acids is 1. The molecule has 2 aliphatic rings. The minimum absolute atomic E-state index is 0.0763. The Hall–Kier alpha value is -3.85. The molecule has 9 heteroatoms. The van der Waals surface area contributed by atoms with E-state index in [1.807, 2.05) is 23.1 Å². The van der Waals surface area contributed by atoms with E-state index in [9.17, 15) is 18.7 Å². The van der Waals surface area contributed by atoms with Gasteiger partial charge >= 0.3 is 5.97 Å². The number of fused-ring (bicyclic) bond motifs is 2. The van der Waals surface area contributed by atoms with Crippen LogP contribution in [0.1, 0.15) is 52.4 Å². The highest BCUT2D eigenvalue weighted by Crippen LogP contribution is 2.43. The highest BCUT2D eigenvalue weighted by molar-refractivity contribution is 6.00. The zero-order valence-corrected chi connectivity index (χ0v) is 20.3. The van der Waals surface area contributed by atoms with E-state index in [1.54, 1.807) is 30.2 Å². The first-order valence-corrected chi connectivity index (χ1v) is 12.4. The van der Waals surface area contributed by atoms with Gasteiger partial charge in [-0.05, 0) is 65.6 Å². The van der Waals surface area contributed by atoms with Crippen LogP contribution in [-0.4, -0.2) is 45.6 Å². The minimum Gasteiger partial charge on any atom is -0.477 e. The molecule has 1 N–H and O–H groups in total. The van der Waals surface area contributed by atoms with Crippen molar-refractivity contribution in [3.05, 3.63) is 71.2 Å². The summed E-state index contributed by atoms with van der Waals surface area (Å²) in [5, 5.41) is 15.5. The lowest BCUT2D eigenvalue weighted by molar-refractivity contribution is 0.0690. The van der Waals surface area contributed by atoms with Crippen molar-refractivity contribution in [2.45, 2.75) is 31.6 Å². The van der Waals surface area contributed by atoms with E-state index in [2.05, 4.69) is 16.1 Å². The molecule has 6 rings (SSSR count). The van der Waals surface area contributed by atoms with E-state index in [-0.39, 0.29) is 17.2 Å². The van der Waals surface area contributed by atoms with Gasteiger partial charge in [-0.25, -0.2) is 18.6 Å². The second-order valence-corrected chi connectivity index (χ2v) is 9.70. The zero-order chi connectivity index (χ0) is 25.7. The normalized spacial score (nSPS) is 17.5. The zero-order valence-electron chi connectivity index (χ0n) is 20.3. The maximum atomic E-state index is 14.3. The monoisotopic (exact) mass is 504 g/mol. The first-order valence-electron chi connectivity index (χ1n) is 12.4. The third-order valence-corrected chi connectivity index (χ3v) is 7.33. The number of carbonyl (C=O) groups is 1. The van der Waals surface area contributed by atoms with E-state index in [0.29, 0.717) is 42.4 Å². The van der Waals surface area contributed by atoms with Gasteiger partial charge in [-0.15, -0.1) is 0 Å². The van der Waals surface area contributed by atoms with E-state index >= 15 is 0 Å². The highest BCUT2D eigenvalue weighted by atomic mass is 19.3. The molecule has 2 aromatic heterocycles. The molecule has 4 heterocycles. The van der Waals surface area contributed by atoms with Gasteiger partial charge < -0.3 is 14.7 Å². The van der Waals surface area contributed by atoms with Crippen molar-refractivity contribution in [1.29, 1.82) is 0 Å². The van der Waals surface area contributed by atoms with Crippen molar-refractivity contribution in [3.8, 4) is 11.1 Å². The molecule has 0 radical (unpaired) electrons. The number of alkyl halides is 2. The van der Waals surface area contributed by atoms with Crippen molar-refractivity contribution in [2.75, 3.05) is 24.7 Å². The Labute approximate surface area is 212 Å². The predicted octanol–water partition coefficient (Wildman–Crippen LogP) is 5.86. The lowest BCUT2D eigenvalue weighted by Gasteiger charge is -2.32. The Morgan fingerprint density at radius 3 is 2.78 bits per heavy atom. The third kappa shape index (κ3) is 4.23. The largest absolute Gasteiger partial charge is 0.477 e. The van der Waals surface area contributed by atoms with Gasteiger partial charge in [0.15, 0.2) is 5.69 Å². The maximum absolute atomic E-state index is 14.3. The molecule has 1 fully saturated rings. The molecule has 2 aliphatic heterocycles. The summed E-state index contributed by atoms with van der Waals surface area (Å²) in [4.78, 5) is 18.4. The molecule has 0 spiro atoms. The molecule has 37 heavy (non-hydrogen) atoms. The van der Waals surface area contributed by atoms with Crippen LogP contribution in [-0.2, 0) is 18.2 Å². The molecular weight excluding hydrogens is 478 g/mol. The topological polar surface area (TPSA) is 80.5 Å². The van der Waals surface area contributed by atoms with Gasteiger partial charge in [0.1, 0.15) is 5.82 Å². The van der Waals surface area contributed by atoms with Crippen molar-refractivity contribution in [1.82, 2.24) is 14.8 Å². The van der Waals surface area contributed by atoms with Gasteiger partial charge in [0.2, 0.25) is 0 Å². The number of aryl methyl sites for hydroxylation is 2. The Bertz CT molecular complexity index is 1510. The Morgan fingerprint density at radius 1 is 1.22 bits per heavy atom. The number of aromatic nitrogens is 3. The first kappa shape index (κ1) is 23.5. The lowest BCUT2D eigenvalue weighted by atomic mass is 9.92. The van der Waals surface area contributed by atoms with Gasteiger partial charge in [-0.1, -0.05) is 12.1 Å². The molecule has 1 unspecified atom stereocenters. The number of nitrogens with zero attached hydrogens (tertiary/aromatic N) is 4. The predicted molar refractivity (Wildman–Crippen MR) is 136 cm³/mol. The number of halogens is 2. The molecule has 7 nitrogen and oxygen atoms in total. The Kier molecular flexibility index (Phi) is 5.87. The van der Waals surface area contributed by atoms with Crippen molar-refractivity contribution >= 4 is 28.2 Å². The van der Waals surface area contributed by atoms with Gasteiger partial charge in [0, 0.05) is 54.5 Å². The fourth-order valence-electron chi connectivity index (χ4n) is 5.47. The SMILES string of the molecule is Cn1cc(-c2cc3c(cc2C(F)F)N(c2nc(C(=O)O)cc4ccc(C5CCOC5)cc24)CCC3)cn1. The molecule has 1 atom stereocenters.